The highest BCUT2D eigenvalue weighted by molar-refractivity contribution is 6.33. The maximum atomic E-state index is 13.7. The van der Waals surface area contributed by atoms with Gasteiger partial charge >= 0.3 is 12.1 Å². The molecule has 2 heterocycles. The van der Waals surface area contributed by atoms with Gasteiger partial charge in [0.2, 0.25) is 5.88 Å². The van der Waals surface area contributed by atoms with Crippen LogP contribution in [0.3, 0.4) is 0 Å². The molecule has 1 aliphatic carbocycles. The number of carboxylic acids is 1. The Morgan fingerprint density at radius 3 is 2.63 bits per heavy atom. The molecule has 1 N–H and O–H groups in total. The molecule has 1 saturated carbocycles. The lowest BCUT2D eigenvalue weighted by molar-refractivity contribution is -0.141. The van der Waals surface area contributed by atoms with Crippen LogP contribution in [0.5, 0.6) is 11.6 Å². The summed E-state index contributed by atoms with van der Waals surface area (Å²) in [6.45, 7) is 5.24. The second-order valence-electron chi connectivity index (χ2n) is 10.5. The average Bonchev–Trinajstić information content (AvgIpc) is 3.52. The predicted octanol–water partition coefficient (Wildman–Crippen LogP) is 6.94. The number of aliphatic carboxylic acids is 1. The van der Waals surface area contributed by atoms with E-state index in [0.717, 1.165) is 18.9 Å². The number of imidazole rings is 1. The van der Waals surface area contributed by atoms with Gasteiger partial charge in [-0.1, -0.05) is 30.7 Å². The van der Waals surface area contributed by atoms with Crippen molar-refractivity contribution in [3.8, 4) is 23.0 Å². The Bertz CT molecular complexity index is 1620. The fourth-order valence-electron chi connectivity index (χ4n) is 4.43. The normalized spacial score (nSPS) is 15.1. The first-order valence-electron chi connectivity index (χ1n) is 13.1. The first-order valence-corrected chi connectivity index (χ1v) is 13.5. The number of nitrogens with zero attached hydrogens (tertiary/aromatic N) is 4. The monoisotopic (exact) mass is 588 g/mol. The summed E-state index contributed by atoms with van der Waals surface area (Å²) in [5.74, 6) is -0.352. The standard InChI is InChI=1S/C29H28ClF3N4O4/c1-16(27(38)39)9-12-40-19-7-8-20(22(30)13-19)24-36-23-25(34-15-35-26(23)41-28(3)10-11-28)37(24)14-18-5-4-6-21(17(18)2)29(31,32)33/h4-8,13,15-16H,9-12,14H2,1-3H3,(H,38,39)/t16-/m1/s1. The van der Waals surface area contributed by atoms with Crippen LogP contribution in [0.25, 0.3) is 22.6 Å². The highest BCUT2D eigenvalue weighted by atomic mass is 35.5. The van der Waals surface area contributed by atoms with Gasteiger partial charge in [-0.15, -0.1) is 0 Å². The third kappa shape index (κ3) is 6.09. The number of benzene rings is 2. The minimum atomic E-state index is -4.50. The Balaban J connectivity index is 1.56. The summed E-state index contributed by atoms with van der Waals surface area (Å²) >= 11 is 6.69. The van der Waals surface area contributed by atoms with Crippen LogP contribution in [0.4, 0.5) is 13.2 Å². The Morgan fingerprint density at radius 1 is 1.22 bits per heavy atom. The van der Waals surface area contributed by atoms with Crippen molar-refractivity contribution < 1.29 is 32.5 Å². The molecule has 5 rings (SSSR count). The molecule has 0 radical (unpaired) electrons. The van der Waals surface area contributed by atoms with E-state index in [9.17, 15) is 18.0 Å². The van der Waals surface area contributed by atoms with Gasteiger partial charge in [-0.3, -0.25) is 4.79 Å². The number of ether oxygens (including phenoxy) is 2. The Hall–Kier alpha value is -3.86. The van der Waals surface area contributed by atoms with Gasteiger partial charge in [0.15, 0.2) is 11.2 Å². The number of halogens is 4. The topological polar surface area (TPSA) is 99.4 Å². The van der Waals surface area contributed by atoms with E-state index in [1.165, 1.54) is 19.3 Å². The summed E-state index contributed by atoms with van der Waals surface area (Å²) in [6, 6.07) is 9.05. The molecule has 216 valence electrons. The van der Waals surface area contributed by atoms with Gasteiger partial charge in [-0.25, -0.2) is 9.97 Å². The molecule has 0 bridgehead atoms. The van der Waals surface area contributed by atoms with E-state index >= 15 is 0 Å². The number of alkyl halides is 3. The van der Waals surface area contributed by atoms with Crippen molar-refractivity contribution in [3.63, 3.8) is 0 Å². The number of hydrogen-bond acceptors (Lipinski definition) is 6. The summed E-state index contributed by atoms with van der Waals surface area (Å²) < 4.78 is 54.5. The minimum Gasteiger partial charge on any atom is -0.494 e. The van der Waals surface area contributed by atoms with Crippen LogP contribution in [-0.4, -0.2) is 42.8 Å². The highest BCUT2D eigenvalue weighted by Gasteiger charge is 2.41. The maximum Gasteiger partial charge on any atom is 0.416 e. The second-order valence-corrected chi connectivity index (χ2v) is 10.9. The van der Waals surface area contributed by atoms with Gasteiger partial charge in [0.1, 0.15) is 23.5 Å². The summed E-state index contributed by atoms with van der Waals surface area (Å²) in [4.78, 5) is 24.6. The molecule has 0 aliphatic heterocycles. The molecule has 0 saturated heterocycles. The largest absolute Gasteiger partial charge is 0.494 e. The molecule has 0 spiro atoms. The van der Waals surface area contributed by atoms with E-state index in [4.69, 9.17) is 31.2 Å². The van der Waals surface area contributed by atoms with Crippen molar-refractivity contribution in [1.82, 2.24) is 19.5 Å². The molecule has 0 amide bonds. The van der Waals surface area contributed by atoms with Crippen molar-refractivity contribution in [1.29, 1.82) is 0 Å². The molecule has 1 aliphatic rings. The quantitative estimate of drug-likeness (QED) is 0.214. The van der Waals surface area contributed by atoms with Crippen LogP contribution < -0.4 is 9.47 Å². The van der Waals surface area contributed by atoms with Crippen molar-refractivity contribution in [3.05, 3.63) is 64.4 Å². The fraction of sp³-hybridized carbons (Fsp3) is 0.379. The van der Waals surface area contributed by atoms with E-state index in [1.54, 1.807) is 35.8 Å². The Labute approximate surface area is 239 Å². The van der Waals surface area contributed by atoms with E-state index < -0.39 is 23.6 Å². The van der Waals surface area contributed by atoms with Crippen LogP contribution >= 0.6 is 11.6 Å². The molecule has 12 heteroatoms. The minimum absolute atomic E-state index is 0.0387. The predicted molar refractivity (Wildman–Crippen MR) is 146 cm³/mol. The number of rotatable bonds is 10. The van der Waals surface area contributed by atoms with Gasteiger partial charge in [0.25, 0.3) is 0 Å². The Morgan fingerprint density at radius 2 is 1.98 bits per heavy atom. The first-order chi connectivity index (χ1) is 19.4. The van der Waals surface area contributed by atoms with Crippen molar-refractivity contribution in [2.24, 2.45) is 5.92 Å². The number of fused-ring (bicyclic) bond motifs is 1. The molecular weight excluding hydrogens is 561 g/mol. The number of carbonyl (C=O) groups is 1. The van der Waals surface area contributed by atoms with Crippen molar-refractivity contribution in [2.45, 2.75) is 58.4 Å². The molecular formula is C29H28ClF3N4O4. The summed E-state index contributed by atoms with van der Waals surface area (Å²) in [5, 5.41) is 9.36. The lowest BCUT2D eigenvalue weighted by Crippen LogP contribution is -2.13. The van der Waals surface area contributed by atoms with Crippen molar-refractivity contribution >= 4 is 28.7 Å². The van der Waals surface area contributed by atoms with Gasteiger partial charge in [0.05, 0.1) is 29.7 Å². The molecule has 41 heavy (non-hydrogen) atoms. The third-order valence-electron chi connectivity index (χ3n) is 7.30. The zero-order valence-electron chi connectivity index (χ0n) is 22.6. The number of aromatic nitrogens is 4. The molecule has 8 nitrogen and oxygen atoms in total. The lowest BCUT2D eigenvalue weighted by Gasteiger charge is -2.16. The van der Waals surface area contributed by atoms with Gasteiger partial charge in [-0.05, 0) is 68.5 Å². The third-order valence-corrected chi connectivity index (χ3v) is 7.61. The van der Waals surface area contributed by atoms with Gasteiger partial charge < -0.3 is 19.1 Å². The van der Waals surface area contributed by atoms with Gasteiger partial charge in [0, 0.05) is 5.56 Å². The van der Waals surface area contributed by atoms with Crippen LogP contribution in [0, 0.1) is 12.8 Å². The van der Waals surface area contributed by atoms with Gasteiger partial charge in [-0.2, -0.15) is 18.2 Å². The molecule has 4 aromatic rings. The van der Waals surface area contributed by atoms with E-state index in [1.807, 2.05) is 6.92 Å². The van der Waals surface area contributed by atoms with E-state index in [0.29, 0.717) is 46.2 Å². The zero-order chi connectivity index (χ0) is 29.5. The summed E-state index contributed by atoms with van der Waals surface area (Å²) in [5.41, 5.74) is 0.762. The van der Waals surface area contributed by atoms with E-state index in [2.05, 4.69) is 9.97 Å². The molecule has 2 aromatic heterocycles. The molecule has 1 atom stereocenters. The second kappa shape index (κ2) is 10.8. The van der Waals surface area contributed by atoms with Crippen LogP contribution in [-0.2, 0) is 17.5 Å². The lowest BCUT2D eigenvalue weighted by atomic mass is 10.0. The van der Waals surface area contributed by atoms with E-state index in [-0.39, 0.29) is 29.3 Å². The molecule has 0 unspecified atom stereocenters. The first kappa shape index (κ1) is 28.7. The number of hydrogen-bond donors (Lipinski definition) is 1. The molecule has 2 aromatic carbocycles. The average molecular weight is 589 g/mol. The summed E-state index contributed by atoms with van der Waals surface area (Å²) in [6.07, 6.45) is -1.09. The maximum absolute atomic E-state index is 13.7. The fourth-order valence-corrected chi connectivity index (χ4v) is 4.69. The van der Waals surface area contributed by atoms with Crippen molar-refractivity contribution in [2.75, 3.05) is 6.61 Å². The smallest absolute Gasteiger partial charge is 0.416 e. The SMILES string of the molecule is Cc1c(Cn2c(-c3ccc(OCC[C@@H](C)C(=O)O)cc3Cl)nc3c(OC4(C)CC4)ncnc32)cccc1C(F)(F)F. The highest BCUT2D eigenvalue weighted by Crippen LogP contribution is 2.42. The number of carboxylic acid groups (broad SMARTS) is 1. The van der Waals surface area contributed by atoms with Crippen LogP contribution in [0.2, 0.25) is 5.02 Å². The zero-order valence-corrected chi connectivity index (χ0v) is 23.4. The summed E-state index contributed by atoms with van der Waals surface area (Å²) in [7, 11) is 0. The van der Waals surface area contributed by atoms with Crippen LogP contribution in [0.1, 0.15) is 49.8 Å². The molecule has 1 fully saturated rings. The van der Waals surface area contributed by atoms with Crippen LogP contribution in [0.15, 0.2) is 42.7 Å². The Kier molecular flexibility index (Phi) is 7.58.